The summed E-state index contributed by atoms with van der Waals surface area (Å²) in [5, 5.41) is 11.5. The monoisotopic (exact) mass is 311 g/mol. The van der Waals surface area contributed by atoms with E-state index in [9.17, 15) is 4.79 Å². The zero-order valence-corrected chi connectivity index (χ0v) is 12.9. The number of benzene rings is 1. The highest BCUT2D eigenvalue weighted by molar-refractivity contribution is 7.08. The first-order valence-corrected chi connectivity index (χ1v) is 8.12. The average molecular weight is 311 g/mol. The minimum absolute atomic E-state index is 0.0383. The second-order valence-electron chi connectivity index (χ2n) is 4.99. The molecule has 3 aromatic rings. The number of rotatable bonds is 6. The van der Waals surface area contributed by atoms with E-state index in [-0.39, 0.29) is 5.91 Å². The van der Waals surface area contributed by atoms with Crippen molar-refractivity contribution in [1.82, 2.24) is 15.1 Å². The summed E-state index contributed by atoms with van der Waals surface area (Å²) in [7, 11) is 0. The Bertz CT molecular complexity index is 719. The fourth-order valence-corrected chi connectivity index (χ4v) is 2.85. The third-order valence-corrected chi connectivity index (χ3v) is 4.01. The molecule has 2 aromatic heterocycles. The highest BCUT2D eigenvalue weighted by Gasteiger charge is 2.04. The number of nitrogens with zero attached hydrogens (tertiary/aromatic N) is 2. The molecule has 4 nitrogen and oxygen atoms in total. The van der Waals surface area contributed by atoms with Crippen molar-refractivity contribution < 1.29 is 4.79 Å². The zero-order chi connectivity index (χ0) is 15.2. The van der Waals surface area contributed by atoms with Crippen LogP contribution >= 0.6 is 11.3 Å². The predicted molar refractivity (Wildman–Crippen MR) is 88.7 cm³/mol. The van der Waals surface area contributed by atoms with Gasteiger partial charge in [0.15, 0.2) is 0 Å². The van der Waals surface area contributed by atoms with Crippen molar-refractivity contribution in [1.29, 1.82) is 0 Å². The van der Waals surface area contributed by atoms with Crippen molar-refractivity contribution in [3.8, 4) is 11.3 Å². The average Bonchev–Trinajstić information content (AvgIpc) is 3.19. The van der Waals surface area contributed by atoms with Crippen LogP contribution in [0.1, 0.15) is 5.56 Å². The van der Waals surface area contributed by atoms with E-state index in [0.717, 1.165) is 16.8 Å². The number of nitrogens with one attached hydrogen (secondary N) is 1. The highest BCUT2D eigenvalue weighted by atomic mass is 32.1. The maximum Gasteiger partial charge on any atom is 0.224 e. The summed E-state index contributed by atoms with van der Waals surface area (Å²) in [5.41, 5.74) is 3.13. The Hall–Kier alpha value is -2.40. The Labute approximate surface area is 133 Å². The summed E-state index contributed by atoms with van der Waals surface area (Å²) in [5.74, 6) is 0.0383. The van der Waals surface area contributed by atoms with Gasteiger partial charge in [-0.05, 0) is 23.1 Å². The number of carbonyl (C=O) groups excluding carboxylic acids is 1. The van der Waals surface area contributed by atoms with E-state index < -0.39 is 0 Å². The zero-order valence-electron chi connectivity index (χ0n) is 12.1. The summed E-state index contributed by atoms with van der Waals surface area (Å²) < 4.78 is 1.86. The van der Waals surface area contributed by atoms with Gasteiger partial charge in [-0.25, -0.2) is 0 Å². The summed E-state index contributed by atoms with van der Waals surface area (Å²) >= 11 is 1.66. The molecule has 1 N–H and O–H groups in total. The summed E-state index contributed by atoms with van der Waals surface area (Å²) in [6, 6.07) is 13.8. The second kappa shape index (κ2) is 7.04. The van der Waals surface area contributed by atoms with E-state index in [1.54, 1.807) is 11.3 Å². The van der Waals surface area contributed by atoms with E-state index in [2.05, 4.69) is 21.9 Å². The molecule has 0 saturated heterocycles. The van der Waals surface area contributed by atoms with Crippen LogP contribution in [0.4, 0.5) is 0 Å². The third kappa shape index (κ3) is 3.83. The Balaban J connectivity index is 1.46. The largest absolute Gasteiger partial charge is 0.354 e. The lowest BCUT2D eigenvalue weighted by Gasteiger charge is -2.05. The number of thiophene rings is 1. The van der Waals surface area contributed by atoms with Crippen LogP contribution in [-0.4, -0.2) is 22.2 Å². The quantitative estimate of drug-likeness (QED) is 0.761. The fraction of sp³-hybridized carbons (Fsp3) is 0.176. The van der Waals surface area contributed by atoms with Gasteiger partial charge < -0.3 is 5.32 Å². The number of hydrogen-bond donors (Lipinski definition) is 1. The van der Waals surface area contributed by atoms with Crippen LogP contribution in [0.15, 0.2) is 59.4 Å². The SMILES string of the molecule is O=C(Cc1ccccc1)NCCn1ccc(-c2ccsc2)n1. The molecular formula is C17H17N3OS. The van der Waals surface area contributed by atoms with Gasteiger partial charge in [-0.3, -0.25) is 9.48 Å². The Morgan fingerprint density at radius 1 is 1.18 bits per heavy atom. The number of carbonyl (C=O) groups is 1. The molecular weight excluding hydrogens is 294 g/mol. The molecule has 3 rings (SSSR count). The summed E-state index contributed by atoms with van der Waals surface area (Å²) in [4.78, 5) is 11.9. The first kappa shape index (κ1) is 14.5. The molecule has 0 aliphatic heterocycles. The molecule has 5 heteroatoms. The molecule has 1 aromatic carbocycles. The van der Waals surface area contributed by atoms with Crippen molar-refractivity contribution in [3.63, 3.8) is 0 Å². The van der Waals surface area contributed by atoms with E-state index in [0.29, 0.717) is 19.5 Å². The van der Waals surface area contributed by atoms with Gasteiger partial charge in [0.05, 0.1) is 18.7 Å². The lowest BCUT2D eigenvalue weighted by molar-refractivity contribution is -0.120. The summed E-state index contributed by atoms with van der Waals surface area (Å²) in [6.07, 6.45) is 2.36. The molecule has 112 valence electrons. The smallest absolute Gasteiger partial charge is 0.224 e. The molecule has 0 aliphatic rings. The van der Waals surface area contributed by atoms with E-state index in [4.69, 9.17) is 0 Å². The maximum absolute atomic E-state index is 11.9. The van der Waals surface area contributed by atoms with E-state index in [1.807, 2.05) is 52.7 Å². The topological polar surface area (TPSA) is 46.9 Å². The van der Waals surface area contributed by atoms with Crippen molar-refractivity contribution in [2.45, 2.75) is 13.0 Å². The number of hydrogen-bond acceptors (Lipinski definition) is 3. The molecule has 0 bridgehead atoms. The lowest BCUT2D eigenvalue weighted by atomic mass is 10.1. The van der Waals surface area contributed by atoms with Crippen molar-refractivity contribution in [2.24, 2.45) is 0 Å². The molecule has 0 unspecified atom stereocenters. The van der Waals surface area contributed by atoms with E-state index >= 15 is 0 Å². The Morgan fingerprint density at radius 2 is 2.05 bits per heavy atom. The molecule has 1 amide bonds. The minimum Gasteiger partial charge on any atom is -0.354 e. The Morgan fingerprint density at radius 3 is 2.82 bits per heavy atom. The molecule has 2 heterocycles. The van der Waals surface area contributed by atoms with Crippen LogP contribution in [-0.2, 0) is 17.8 Å². The lowest BCUT2D eigenvalue weighted by Crippen LogP contribution is -2.28. The van der Waals surface area contributed by atoms with Gasteiger partial charge in [-0.15, -0.1) is 0 Å². The van der Waals surface area contributed by atoms with Crippen molar-refractivity contribution >= 4 is 17.2 Å². The van der Waals surface area contributed by atoms with Crippen molar-refractivity contribution in [3.05, 3.63) is 65.0 Å². The van der Waals surface area contributed by atoms with E-state index in [1.165, 1.54) is 0 Å². The molecule has 0 atom stereocenters. The van der Waals surface area contributed by atoms with Crippen molar-refractivity contribution in [2.75, 3.05) is 6.54 Å². The molecule has 22 heavy (non-hydrogen) atoms. The van der Waals surface area contributed by atoms with Crippen LogP contribution in [0.2, 0.25) is 0 Å². The number of aromatic nitrogens is 2. The molecule has 0 radical (unpaired) electrons. The van der Waals surface area contributed by atoms with Gasteiger partial charge in [0.1, 0.15) is 0 Å². The third-order valence-electron chi connectivity index (χ3n) is 3.33. The van der Waals surface area contributed by atoms with Crippen LogP contribution in [0.5, 0.6) is 0 Å². The molecule has 0 fully saturated rings. The van der Waals surface area contributed by atoms with Gasteiger partial charge in [0.2, 0.25) is 5.91 Å². The van der Waals surface area contributed by atoms with Crippen LogP contribution in [0, 0.1) is 0 Å². The molecule has 0 spiro atoms. The van der Waals surface area contributed by atoms with Crippen LogP contribution in [0.25, 0.3) is 11.3 Å². The fourth-order valence-electron chi connectivity index (χ4n) is 2.20. The number of amides is 1. The minimum atomic E-state index is 0.0383. The van der Waals surface area contributed by atoms with Crippen LogP contribution in [0.3, 0.4) is 0 Å². The van der Waals surface area contributed by atoms with Gasteiger partial charge in [-0.1, -0.05) is 30.3 Å². The first-order valence-electron chi connectivity index (χ1n) is 7.18. The van der Waals surface area contributed by atoms with Gasteiger partial charge in [0, 0.05) is 23.7 Å². The normalized spacial score (nSPS) is 10.5. The van der Waals surface area contributed by atoms with Gasteiger partial charge >= 0.3 is 0 Å². The summed E-state index contributed by atoms with van der Waals surface area (Å²) in [6.45, 7) is 1.25. The van der Waals surface area contributed by atoms with Gasteiger partial charge in [0.25, 0.3) is 0 Å². The van der Waals surface area contributed by atoms with Crippen LogP contribution < -0.4 is 5.32 Å². The van der Waals surface area contributed by atoms with Gasteiger partial charge in [-0.2, -0.15) is 16.4 Å². The Kier molecular flexibility index (Phi) is 4.65. The molecule has 0 aliphatic carbocycles. The standard InChI is InChI=1S/C17H17N3OS/c21-17(12-14-4-2-1-3-5-14)18-8-10-20-9-6-16(19-20)15-7-11-22-13-15/h1-7,9,11,13H,8,10,12H2,(H,18,21). The first-order chi connectivity index (χ1) is 10.8. The second-order valence-corrected chi connectivity index (χ2v) is 5.77. The maximum atomic E-state index is 11.9. The highest BCUT2D eigenvalue weighted by Crippen LogP contribution is 2.19. The predicted octanol–water partition coefficient (Wildman–Crippen LogP) is 2.97. The molecule has 0 saturated carbocycles.